The second kappa shape index (κ2) is 6.97. The Morgan fingerprint density at radius 3 is 2.46 bits per heavy atom. The van der Waals surface area contributed by atoms with Crippen molar-refractivity contribution >= 4 is 5.91 Å². The van der Waals surface area contributed by atoms with Crippen LogP contribution in [0, 0.1) is 0 Å². The van der Waals surface area contributed by atoms with E-state index >= 15 is 0 Å². The number of hydrogen-bond acceptors (Lipinski definition) is 4. The van der Waals surface area contributed by atoms with Gasteiger partial charge in [0.25, 0.3) is 0 Å². The van der Waals surface area contributed by atoms with E-state index in [0.717, 1.165) is 28.1 Å². The summed E-state index contributed by atoms with van der Waals surface area (Å²) in [4.78, 5) is 11.7. The van der Waals surface area contributed by atoms with E-state index in [-0.39, 0.29) is 6.42 Å². The Morgan fingerprint density at radius 2 is 1.83 bits per heavy atom. The van der Waals surface area contributed by atoms with Crippen LogP contribution in [0.5, 0.6) is 5.75 Å². The number of amides is 1. The van der Waals surface area contributed by atoms with Crippen molar-refractivity contribution in [2.75, 3.05) is 7.11 Å². The van der Waals surface area contributed by atoms with Gasteiger partial charge in [0.2, 0.25) is 5.91 Å². The highest BCUT2D eigenvalue weighted by molar-refractivity contribution is 5.84. The molecule has 6 nitrogen and oxygen atoms in total. The Morgan fingerprint density at radius 1 is 1.12 bits per heavy atom. The third kappa shape index (κ3) is 3.13. The summed E-state index contributed by atoms with van der Waals surface area (Å²) in [5.41, 5.74) is 5.60. The molecule has 0 radical (unpaired) electrons. The predicted octanol–water partition coefficient (Wildman–Crippen LogP) is 2.80. The second-order valence-electron chi connectivity index (χ2n) is 5.23. The van der Waals surface area contributed by atoms with Crippen LogP contribution in [-0.2, 0) is 11.2 Å². The summed E-state index contributed by atoms with van der Waals surface area (Å²) in [7, 11) is 1.61. The highest BCUT2D eigenvalue weighted by atomic mass is 16.5. The number of nitrogens with one attached hydrogen (secondary N) is 2. The summed E-state index contributed by atoms with van der Waals surface area (Å²) in [6.07, 6.45) is 0.0125. The van der Waals surface area contributed by atoms with Gasteiger partial charge in [0.05, 0.1) is 24.9 Å². The Balaban J connectivity index is 2.08. The molecule has 2 aromatic carbocycles. The molecule has 0 aliphatic heterocycles. The SMILES string of the molecule is COc1ccc(-c2[nH]nc(-c3ccccc3)c2CC(=O)NO)cc1. The number of hydrogen-bond donors (Lipinski definition) is 3. The van der Waals surface area contributed by atoms with Crippen LogP contribution < -0.4 is 10.2 Å². The van der Waals surface area contributed by atoms with Gasteiger partial charge in [-0.3, -0.25) is 15.1 Å². The van der Waals surface area contributed by atoms with Crippen LogP contribution in [0.25, 0.3) is 22.5 Å². The number of hydroxylamine groups is 1. The molecule has 0 saturated carbocycles. The third-order valence-corrected chi connectivity index (χ3v) is 3.76. The van der Waals surface area contributed by atoms with E-state index < -0.39 is 5.91 Å². The quantitative estimate of drug-likeness (QED) is 0.498. The van der Waals surface area contributed by atoms with Crippen molar-refractivity contribution in [1.29, 1.82) is 0 Å². The maximum atomic E-state index is 11.7. The van der Waals surface area contributed by atoms with Crippen LogP contribution in [0.15, 0.2) is 54.6 Å². The lowest BCUT2D eigenvalue weighted by Gasteiger charge is -2.06. The molecule has 122 valence electrons. The Hall–Kier alpha value is -3.12. The number of benzene rings is 2. The molecule has 3 aromatic rings. The van der Waals surface area contributed by atoms with Gasteiger partial charge in [-0.2, -0.15) is 5.10 Å². The van der Waals surface area contributed by atoms with Crippen molar-refractivity contribution in [1.82, 2.24) is 15.7 Å². The van der Waals surface area contributed by atoms with Gasteiger partial charge < -0.3 is 4.74 Å². The number of carbonyl (C=O) groups is 1. The molecule has 3 rings (SSSR count). The average molecular weight is 323 g/mol. The molecule has 0 unspecified atom stereocenters. The number of H-pyrrole nitrogens is 1. The van der Waals surface area contributed by atoms with E-state index in [9.17, 15) is 4.79 Å². The fourth-order valence-corrected chi connectivity index (χ4v) is 2.57. The third-order valence-electron chi connectivity index (χ3n) is 3.76. The first-order valence-electron chi connectivity index (χ1n) is 7.43. The number of ether oxygens (including phenoxy) is 1. The van der Waals surface area contributed by atoms with E-state index in [4.69, 9.17) is 9.94 Å². The summed E-state index contributed by atoms with van der Waals surface area (Å²) in [6, 6.07) is 17.1. The van der Waals surface area contributed by atoms with Crippen molar-refractivity contribution in [2.24, 2.45) is 0 Å². The minimum atomic E-state index is -0.497. The van der Waals surface area contributed by atoms with Crippen LogP contribution >= 0.6 is 0 Å². The highest BCUT2D eigenvalue weighted by Crippen LogP contribution is 2.31. The van der Waals surface area contributed by atoms with Crippen molar-refractivity contribution in [2.45, 2.75) is 6.42 Å². The maximum absolute atomic E-state index is 11.7. The monoisotopic (exact) mass is 323 g/mol. The molecule has 1 aromatic heterocycles. The number of aromatic amines is 1. The summed E-state index contributed by atoms with van der Waals surface area (Å²) in [5, 5.41) is 16.3. The molecular formula is C18H17N3O3. The van der Waals surface area contributed by atoms with E-state index in [2.05, 4.69) is 10.2 Å². The van der Waals surface area contributed by atoms with Crippen molar-refractivity contribution in [3.8, 4) is 28.3 Å². The first-order chi connectivity index (χ1) is 11.7. The summed E-state index contributed by atoms with van der Waals surface area (Å²) < 4.78 is 5.17. The molecule has 1 heterocycles. The molecule has 0 bridgehead atoms. The van der Waals surface area contributed by atoms with E-state index in [1.165, 1.54) is 0 Å². The summed E-state index contributed by atoms with van der Waals surface area (Å²) >= 11 is 0. The van der Waals surface area contributed by atoms with Gasteiger partial charge in [0.15, 0.2) is 0 Å². The van der Waals surface area contributed by atoms with Gasteiger partial charge in [-0.25, -0.2) is 5.48 Å². The predicted molar refractivity (Wildman–Crippen MR) is 89.6 cm³/mol. The van der Waals surface area contributed by atoms with Gasteiger partial charge in [-0.05, 0) is 24.3 Å². The van der Waals surface area contributed by atoms with Gasteiger partial charge in [0, 0.05) is 16.7 Å². The van der Waals surface area contributed by atoms with Crippen LogP contribution in [0.3, 0.4) is 0 Å². The Bertz CT molecular complexity index is 826. The molecule has 0 atom stereocenters. The Labute approximate surface area is 139 Å². The van der Waals surface area contributed by atoms with Crippen LogP contribution in [0.4, 0.5) is 0 Å². The lowest BCUT2D eigenvalue weighted by molar-refractivity contribution is -0.128. The zero-order valence-corrected chi connectivity index (χ0v) is 13.1. The molecule has 0 fully saturated rings. The normalized spacial score (nSPS) is 10.4. The lowest BCUT2D eigenvalue weighted by Crippen LogP contribution is -2.21. The molecule has 1 amide bonds. The summed E-state index contributed by atoms with van der Waals surface area (Å²) in [5.74, 6) is 0.250. The van der Waals surface area contributed by atoms with Gasteiger partial charge >= 0.3 is 0 Å². The molecule has 3 N–H and O–H groups in total. The van der Waals surface area contributed by atoms with Crippen LogP contribution in [0.2, 0.25) is 0 Å². The second-order valence-corrected chi connectivity index (χ2v) is 5.23. The van der Waals surface area contributed by atoms with Crippen LogP contribution in [-0.4, -0.2) is 28.4 Å². The highest BCUT2D eigenvalue weighted by Gasteiger charge is 2.18. The van der Waals surface area contributed by atoms with E-state index in [1.807, 2.05) is 54.6 Å². The van der Waals surface area contributed by atoms with Gasteiger partial charge in [-0.15, -0.1) is 0 Å². The van der Waals surface area contributed by atoms with Gasteiger partial charge in [-0.1, -0.05) is 30.3 Å². The molecule has 6 heteroatoms. The molecule has 0 spiro atoms. The molecule has 0 aliphatic rings. The Kier molecular flexibility index (Phi) is 4.58. The topological polar surface area (TPSA) is 87.2 Å². The van der Waals surface area contributed by atoms with Crippen molar-refractivity contribution in [3.63, 3.8) is 0 Å². The largest absolute Gasteiger partial charge is 0.497 e. The fraction of sp³-hybridized carbons (Fsp3) is 0.111. The van der Waals surface area contributed by atoms with Gasteiger partial charge in [0.1, 0.15) is 5.75 Å². The smallest absolute Gasteiger partial charge is 0.247 e. The minimum Gasteiger partial charge on any atom is -0.497 e. The average Bonchev–Trinajstić information content (AvgIpc) is 3.05. The summed E-state index contributed by atoms with van der Waals surface area (Å²) in [6.45, 7) is 0. The number of methoxy groups -OCH3 is 1. The maximum Gasteiger partial charge on any atom is 0.247 e. The fourth-order valence-electron chi connectivity index (χ4n) is 2.57. The number of carbonyl (C=O) groups excluding carboxylic acids is 1. The zero-order chi connectivity index (χ0) is 16.9. The van der Waals surface area contributed by atoms with Crippen molar-refractivity contribution < 1.29 is 14.7 Å². The molecular weight excluding hydrogens is 306 g/mol. The number of nitrogens with zero attached hydrogens (tertiary/aromatic N) is 1. The first kappa shape index (κ1) is 15.8. The molecule has 24 heavy (non-hydrogen) atoms. The number of rotatable bonds is 5. The van der Waals surface area contributed by atoms with Crippen molar-refractivity contribution in [3.05, 3.63) is 60.2 Å². The lowest BCUT2D eigenvalue weighted by atomic mass is 9.99. The van der Waals surface area contributed by atoms with Crippen LogP contribution in [0.1, 0.15) is 5.56 Å². The van der Waals surface area contributed by atoms with E-state index in [1.54, 1.807) is 12.6 Å². The number of aromatic nitrogens is 2. The minimum absolute atomic E-state index is 0.0125. The van der Waals surface area contributed by atoms with E-state index in [0.29, 0.717) is 5.69 Å². The first-order valence-corrected chi connectivity index (χ1v) is 7.43. The standard InChI is InChI=1S/C18H17N3O3/c1-24-14-9-7-13(8-10-14)18-15(11-16(22)21-23)17(19-20-18)12-5-3-2-4-6-12/h2-10,23H,11H2,1H3,(H,19,20)(H,21,22). The zero-order valence-electron chi connectivity index (χ0n) is 13.1. The molecule has 0 aliphatic carbocycles. The molecule has 0 saturated heterocycles.